The van der Waals surface area contributed by atoms with E-state index >= 15 is 0 Å². The summed E-state index contributed by atoms with van der Waals surface area (Å²) < 4.78 is 79.5. The molecule has 0 fully saturated rings. The Morgan fingerprint density at radius 1 is 0.485 bits per heavy atom. The number of carboxylic acid groups (broad SMARTS) is 4. The number of hydrogen-bond acceptors (Lipinski definition) is 18. The highest BCUT2D eigenvalue weighted by Crippen LogP contribution is 2.25. The zero-order valence-electron chi connectivity index (χ0n) is 35.7. The maximum atomic E-state index is 13.5. The molecule has 4 aromatic carbocycles. The second kappa shape index (κ2) is 25.2. The molecule has 0 saturated carbocycles. The largest absolute Gasteiger partial charge is 0.481 e. The minimum atomic E-state index is -4.67. The van der Waals surface area contributed by atoms with Gasteiger partial charge in [0.05, 0.1) is 50.4 Å². The van der Waals surface area contributed by atoms with E-state index in [4.69, 9.17) is 40.6 Å². The number of anilines is 2. The highest BCUT2D eigenvalue weighted by Gasteiger charge is 2.35. The Hall–Kier alpha value is -7.04. The van der Waals surface area contributed by atoms with Crippen molar-refractivity contribution in [2.24, 2.45) is 0 Å². The number of hydrogen-bond donors (Lipinski definition) is 10. The monoisotopic (exact) mass is 988 g/mol. The molecule has 4 rings (SSSR count). The first kappa shape index (κ1) is 53.6. The fraction of sp³-hybridized carbons (Fsp3) is 0.286. The smallest absolute Gasteiger partial charge is 0.343 e. The maximum Gasteiger partial charge on any atom is 0.343 e. The number of aliphatic carboxylic acids is 4. The second-order valence-corrected chi connectivity index (χ2v) is 18.0. The summed E-state index contributed by atoms with van der Waals surface area (Å²) in [6.45, 7) is -0.742. The molecule has 24 nitrogen and oxygen atoms in total. The van der Waals surface area contributed by atoms with Crippen molar-refractivity contribution in [1.29, 1.82) is 0 Å². The molecule has 0 amide bonds. The van der Waals surface area contributed by atoms with Gasteiger partial charge in [0.2, 0.25) is 20.0 Å². The Kier molecular flexibility index (Phi) is 19.8. The predicted octanol–water partition coefficient (Wildman–Crippen LogP) is 0.894. The normalized spacial score (nSPS) is 13.4. The third-order valence-electron chi connectivity index (χ3n) is 9.19. The van der Waals surface area contributed by atoms with Crippen LogP contribution in [0.4, 0.5) is 11.4 Å². The first-order valence-electron chi connectivity index (χ1n) is 20.0. The molecule has 0 aliphatic carbocycles. The van der Waals surface area contributed by atoms with Gasteiger partial charge in [0.15, 0.2) is 10.7 Å². The Bertz CT molecular complexity index is 2420. The van der Waals surface area contributed by atoms with E-state index < -0.39 is 91.5 Å². The van der Waals surface area contributed by atoms with Crippen LogP contribution < -0.4 is 41.0 Å². The van der Waals surface area contributed by atoms with Crippen LogP contribution in [0.2, 0.25) is 0 Å². The van der Waals surface area contributed by atoms with Crippen molar-refractivity contribution in [2.45, 2.75) is 35.7 Å². The lowest BCUT2D eigenvalue weighted by Crippen LogP contribution is -2.47. The SMILES string of the molecule is Nc1ccc(C(=O)Oc2ccc(C(NCCOCCOCCNC(c3ccc(OC(=O)c4ccc(N)cc4)cc3)S(=O)(=O)N[C@@H](CC(=O)O)C(=O)O)S(=O)(=O)N[C@@H](CC(=O)O)C(=O)O)cc2)cc1. The van der Waals surface area contributed by atoms with Gasteiger partial charge in [0.25, 0.3) is 0 Å². The molecule has 26 heteroatoms. The zero-order valence-corrected chi connectivity index (χ0v) is 37.3. The van der Waals surface area contributed by atoms with Gasteiger partial charge >= 0.3 is 35.8 Å². The van der Waals surface area contributed by atoms with E-state index in [1.807, 2.05) is 9.44 Å². The average Bonchev–Trinajstić information content (AvgIpc) is 3.27. The summed E-state index contributed by atoms with van der Waals surface area (Å²) in [5.41, 5.74) is 12.6. The minimum absolute atomic E-state index is 0.0357. The van der Waals surface area contributed by atoms with Crippen LogP contribution in [-0.2, 0) is 48.7 Å². The van der Waals surface area contributed by atoms with E-state index in [1.165, 1.54) is 97.1 Å². The molecular weight excluding hydrogens is 941 g/mol. The molecule has 0 aromatic heterocycles. The number of sulfonamides is 2. The lowest BCUT2D eigenvalue weighted by molar-refractivity contribution is -0.145. The number of esters is 2. The van der Waals surface area contributed by atoms with Gasteiger partial charge < -0.3 is 50.8 Å². The van der Waals surface area contributed by atoms with Crippen LogP contribution in [0.5, 0.6) is 11.5 Å². The molecular formula is C42H48N6O18S2. The fourth-order valence-electron chi connectivity index (χ4n) is 5.89. The third-order valence-corrected chi connectivity index (χ3v) is 12.5. The number of nitrogens with one attached hydrogen (secondary N) is 4. The van der Waals surface area contributed by atoms with E-state index in [1.54, 1.807) is 0 Å². The Labute approximate surface area is 388 Å². The van der Waals surface area contributed by atoms with E-state index in [0.717, 1.165) is 0 Å². The highest BCUT2D eigenvalue weighted by atomic mass is 32.2. The molecule has 0 spiro atoms. The van der Waals surface area contributed by atoms with Crippen molar-refractivity contribution >= 4 is 67.2 Å². The fourth-order valence-corrected chi connectivity index (χ4v) is 9.03. The molecule has 0 heterocycles. The van der Waals surface area contributed by atoms with Crippen molar-refractivity contribution in [3.63, 3.8) is 0 Å². The summed E-state index contributed by atoms with van der Waals surface area (Å²) in [5, 5.41) is 39.4. The number of nitrogen functional groups attached to an aromatic ring is 2. The summed E-state index contributed by atoms with van der Waals surface area (Å²) in [7, 11) is -9.33. The second-order valence-electron chi connectivity index (χ2n) is 14.4. The number of benzene rings is 4. The van der Waals surface area contributed by atoms with Crippen molar-refractivity contribution < 1.29 is 85.0 Å². The molecule has 68 heavy (non-hydrogen) atoms. The first-order chi connectivity index (χ1) is 32.1. The van der Waals surface area contributed by atoms with Crippen LogP contribution >= 0.6 is 0 Å². The van der Waals surface area contributed by atoms with Gasteiger partial charge in [0.1, 0.15) is 23.6 Å². The molecule has 4 aromatic rings. The van der Waals surface area contributed by atoms with Gasteiger partial charge in [-0.1, -0.05) is 24.3 Å². The van der Waals surface area contributed by atoms with E-state index in [0.29, 0.717) is 11.4 Å². The molecule has 4 atom stereocenters. The lowest BCUT2D eigenvalue weighted by Gasteiger charge is -2.23. The predicted molar refractivity (Wildman–Crippen MR) is 239 cm³/mol. The summed E-state index contributed by atoms with van der Waals surface area (Å²) in [5.74, 6) is -8.01. The molecule has 366 valence electrons. The Morgan fingerprint density at radius 3 is 1.10 bits per heavy atom. The van der Waals surface area contributed by atoms with Gasteiger partial charge in [-0.2, -0.15) is 9.44 Å². The molecule has 12 N–H and O–H groups in total. The summed E-state index contributed by atoms with van der Waals surface area (Å²) in [6, 6.07) is 18.1. The standard InChI is InChI=1S/C42H48N6O18S2/c43-29-9-1-27(2-10-29)41(57)65-31-13-5-25(6-14-31)37(67(59,60)47-33(39(53)54)23-35(49)50)45-17-19-63-21-22-64-20-18-46-38(68(61,62)48-34(40(55)56)24-36(51)52)26-7-15-32(16-8-26)66-42(58)28-3-11-30(44)12-4-28/h1-16,33-34,37-38,45-48H,17-24,43-44H2,(H,49,50)(H,51,52)(H,53,54)(H,55,56)/t33-,34-,37?,38?/m0/s1. The van der Waals surface area contributed by atoms with Crippen molar-refractivity contribution in [3.05, 3.63) is 119 Å². The summed E-state index contributed by atoms with van der Waals surface area (Å²) in [6.07, 6.45) is -2.13. The third kappa shape index (κ3) is 17.0. The Balaban J connectivity index is 1.34. The quantitative estimate of drug-likeness (QED) is 0.0156. The van der Waals surface area contributed by atoms with Crippen LogP contribution in [0.3, 0.4) is 0 Å². The van der Waals surface area contributed by atoms with Crippen molar-refractivity contribution in [3.8, 4) is 11.5 Å². The van der Waals surface area contributed by atoms with Crippen LogP contribution in [-0.4, -0.2) is 125 Å². The van der Waals surface area contributed by atoms with Gasteiger partial charge in [0, 0.05) is 24.5 Å². The summed E-state index contributed by atoms with van der Waals surface area (Å²) >= 11 is 0. The van der Waals surface area contributed by atoms with Gasteiger partial charge in [-0.3, -0.25) is 29.8 Å². The molecule has 0 radical (unpaired) electrons. The molecule has 2 unspecified atom stereocenters. The number of rotatable bonds is 29. The van der Waals surface area contributed by atoms with Crippen LogP contribution in [0.15, 0.2) is 97.1 Å². The van der Waals surface area contributed by atoms with Crippen molar-refractivity contribution in [2.75, 3.05) is 51.0 Å². The van der Waals surface area contributed by atoms with Gasteiger partial charge in [-0.05, 0) is 83.9 Å². The maximum absolute atomic E-state index is 13.5. The minimum Gasteiger partial charge on any atom is -0.481 e. The van der Waals surface area contributed by atoms with Crippen LogP contribution in [0.1, 0.15) is 55.4 Å². The lowest BCUT2D eigenvalue weighted by atomic mass is 10.2. The molecule has 0 aliphatic rings. The van der Waals surface area contributed by atoms with Gasteiger partial charge in [-0.25, -0.2) is 26.4 Å². The van der Waals surface area contributed by atoms with Gasteiger partial charge in [-0.15, -0.1) is 0 Å². The topological polar surface area (TPSA) is 389 Å². The first-order valence-corrected chi connectivity index (χ1v) is 23.1. The number of carbonyl (C=O) groups is 6. The van der Waals surface area contributed by atoms with E-state index in [-0.39, 0.29) is 73.3 Å². The number of carbonyl (C=O) groups excluding carboxylic acids is 2. The van der Waals surface area contributed by atoms with Crippen molar-refractivity contribution in [1.82, 2.24) is 20.1 Å². The van der Waals surface area contributed by atoms with Crippen LogP contribution in [0, 0.1) is 0 Å². The molecule has 0 saturated heterocycles. The summed E-state index contributed by atoms with van der Waals surface area (Å²) in [4.78, 5) is 71.1. The Morgan fingerprint density at radius 2 is 0.809 bits per heavy atom. The van der Waals surface area contributed by atoms with E-state index in [9.17, 15) is 55.8 Å². The number of nitrogens with two attached hydrogens (primary N) is 2. The molecule has 0 bridgehead atoms. The number of ether oxygens (including phenoxy) is 4. The highest BCUT2D eigenvalue weighted by molar-refractivity contribution is 7.90. The number of carboxylic acids is 4. The molecule has 0 aliphatic heterocycles. The van der Waals surface area contributed by atoms with E-state index in [2.05, 4.69) is 10.6 Å². The van der Waals surface area contributed by atoms with Crippen LogP contribution in [0.25, 0.3) is 0 Å². The zero-order chi connectivity index (χ0) is 50.0. The average molecular weight is 989 g/mol.